The van der Waals surface area contributed by atoms with Crippen molar-refractivity contribution in [2.45, 2.75) is 32.1 Å². The number of para-hydroxylation sites is 2. The number of aldehydes is 1. The number of carbonyl (C=O) groups is 2. The van der Waals surface area contributed by atoms with Gasteiger partial charge in [-0.15, -0.1) is 0 Å². The maximum absolute atomic E-state index is 12.7. The minimum Gasteiger partial charge on any atom is -0.495 e. The first-order valence-electron chi connectivity index (χ1n) is 7.16. The van der Waals surface area contributed by atoms with E-state index in [0.29, 0.717) is 11.4 Å². The highest BCUT2D eigenvalue weighted by Gasteiger charge is 2.28. The van der Waals surface area contributed by atoms with Crippen LogP contribution in [0.5, 0.6) is 5.75 Å². The average molecular weight is 275 g/mol. The van der Waals surface area contributed by atoms with Crippen LogP contribution < -0.4 is 9.64 Å². The monoisotopic (exact) mass is 275 g/mol. The van der Waals surface area contributed by atoms with Gasteiger partial charge in [0.25, 0.3) is 0 Å². The molecular formula is C16H21NO3. The Bertz CT molecular complexity index is 467. The van der Waals surface area contributed by atoms with Crippen LogP contribution in [0, 0.1) is 5.92 Å². The molecule has 0 spiro atoms. The molecule has 1 fully saturated rings. The number of anilines is 1. The quantitative estimate of drug-likeness (QED) is 0.776. The fraction of sp³-hybridized carbons (Fsp3) is 0.500. The van der Waals surface area contributed by atoms with Gasteiger partial charge in [-0.25, -0.2) is 0 Å². The van der Waals surface area contributed by atoms with Crippen LogP contribution >= 0.6 is 0 Å². The standard InChI is InChI=1S/C16H21NO3/c1-20-15-10-6-5-9-14(15)17(11-12-18)16(19)13-7-3-2-4-8-13/h5-6,9-10,12-13H,2-4,7-8,11H2,1H3. The molecule has 0 heterocycles. The maximum Gasteiger partial charge on any atom is 0.230 e. The van der Waals surface area contributed by atoms with E-state index in [1.165, 1.54) is 6.42 Å². The lowest BCUT2D eigenvalue weighted by Crippen LogP contribution is -2.38. The average Bonchev–Trinajstić information content (AvgIpc) is 2.53. The highest BCUT2D eigenvalue weighted by atomic mass is 16.5. The fourth-order valence-corrected chi connectivity index (χ4v) is 2.80. The number of ether oxygens (including phenoxy) is 1. The third kappa shape index (κ3) is 3.18. The highest BCUT2D eigenvalue weighted by Crippen LogP contribution is 2.31. The Labute approximate surface area is 119 Å². The van der Waals surface area contributed by atoms with Crippen molar-refractivity contribution >= 4 is 17.9 Å². The molecule has 4 heteroatoms. The van der Waals surface area contributed by atoms with Gasteiger partial charge in [-0.2, -0.15) is 0 Å². The van der Waals surface area contributed by atoms with Gasteiger partial charge in [-0.05, 0) is 25.0 Å². The van der Waals surface area contributed by atoms with Crippen LogP contribution in [0.1, 0.15) is 32.1 Å². The summed E-state index contributed by atoms with van der Waals surface area (Å²) in [5, 5.41) is 0. The number of carbonyl (C=O) groups excluding carboxylic acids is 2. The lowest BCUT2D eigenvalue weighted by molar-refractivity contribution is -0.124. The van der Waals surface area contributed by atoms with Gasteiger partial charge < -0.3 is 14.4 Å². The summed E-state index contributed by atoms with van der Waals surface area (Å²) in [6.45, 7) is 0.0791. The number of benzene rings is 1. The van der Waals surface area contributed by atoms with Gasteiger partial charge in [0.15, 0.2) is 0 Å². The Balaban J connectivity index is 2.25. The van der Waals surface area contributed by atoms with E-state index in [1.54, 1.807) is 18.1 Å². The molecule has 1 saturated carbocycles. The molecule has 0 saturated heterocycles. The zero-order valence-electron chi connectivity index (χ0n) is 11.9. The van der Waals surface area contributed by atoms with Gasteiger partial charge in [0.05, 0.1) is 19.3 Å². The number of nitrogens with zero attached hydrogens (tertiary/aromatic N) is 1. The first kappa shape index (κ1) is 14.6. The van der Waals surface area contributed by atoms with Crippen LogP contribution in [0.4, 0.5) is 5.69 Å². The van der Waals surface area contributed by atoms with Crippen LogP contribution in [-0.2, 0) is 9.59 Å². The smallest absolute Gasteiger partial charge is 0.230 e. The van der Waals surface area contributed by atoms with Crippen molar-refractivity contribution < 1.29 is 14.3 Å². The third-order valence-corrected chi connectivity index (χ3v) is 3.85. The zero-order valence-corrected chi connectivity index (χ0v) is 11.9. The Morgan fingerprint density at radius 1 is 1.30 bits per heavy atom. The molecule has 1 aliphatic carbocycles. The van der Waals surface area contributed by atoms with Gasteiger partial charge in [0, 0.05) is 5.92 Å². The summed E-state index contributed by atoms with van der Waals surface area (Å²) in [6, 6.07) is 7.33. The molecule has 20 heavy (non-hydrogen) atoms. The van der Waals surface area contributed by atoms with Crippen LogP contribution in [-0.4, -0.2) is 25.8 Å². The van der Waals surface area contributed by atoms with Crippen molar-refractivity contribution in [2.75, 3.05) is 18.6 Å². The first-order chi connectivity index (χ1) is 9.77. The molecule has 0 atom stereocenters. The van der Waals surface area contributed by atoms with E-state index in [9.17, 15) is 9.59 Å². The summed E-state index contributed by atoms with van der Waals surface area (Å²) in [7, 11) is 1.57. The number of amides is 1. The maximum atomic E-state index is 12.7. The number of rotatable bonds is 5. The van der Waals surface area contributed by atoms with Gasteiger partial charge in [0.1, 0.15) is 12.0 Å². The third-order valence-electron chi connectivity index (χ3n) is 3.85. The molecule has 1 aromatic carbocycles. The Hall–Kier alpha value is -1.84. The molecule has 1 aromatic rings. The van der Waals surface area contributed by atoms with Gasteiger partial charge >= 0.3 is 0 Å². The summed E-state index contributed by atoms with van der Waals surface area (Å²) in [4.78, 5) is 25.2. The van der Waals surface area contributed by atoms with E-state index < -0.39 is 0 Å². The molecule has 108 valence electrons. The molecule has 0 unspecified atom stereocenters. The Morgan fingerprint density at radius 3 is 2.65 bits per heavy atom. The molecule has 1 amide bonds. The Kier molecular flexibility index (Phi) is 5.16. The molecule has 2 rings (SSSR count). The zero-order chi connectivity index (χ0) is 14.4. The lowest BCUT2D eigenvalue weighted by Gasteiger charge is -2.29. The van der Waals surface area contributed by atoms with E-state index in [1.807, 2.05) is 18.2 Å². The van der Waals surface area contributed by atoms with Crippen molar-refractivity contribution in [3.63, 3.8) is 0 Å². The lowest BCUT2D eigenvalue weighted by atomic mass is 9.88. The van der Waals surface area contributed by atoms with Gasteiger partial charge in [-0.1, -0.05) is 31.4 Å². The molecule has 0 bridgehead atoms. The molecule has 0 radical (unpaired) electrons. The number of hydrogen-bond acceptors (Lipinski definition) is 3. The topological polar surface area (TPSA) is 46.6 Å². The largest absolute Gasteiger partial charge is 0.495 e. The van der Waals surface area contributed by atoms with E-state index in [2.05, 4.69) is 0 Å². The van der Waals surface area contributed by atoms with E-state index in [-0.39, 0.29) is 18.4 Å². The van der Waals surface area contributed by atoms with Crippen molar-refractivity contribution in [3.05, 3.63) is 24.3 Å². The van der Waals surface area contributed by atoms with E-state index in [0.717, 1.165) is 32.0 Å². The summed E-state index contributed by atoms with van der Waals surface area (Å²) < 4.78 is 5.30. The minimum atomic E-state index is 0.0358. The Morgan fingerprint density at radius 2 is 2.00 bits per heavy atom. The van der Waals surface area contributed by atoms with Crippen LogP contribution in [0.3, 0.4) is 0 Å². The van der Waals surface area contributed by atoms with Crippen molar-refractivity contribution in [1.82, 2.24) is 0 Å². The van der Waals surface area contributed by atoms with Gasteiger partial charge in [-0.3, -0.25) is 4.79 Å². The predicted molar refractivity (Wildman–Crippen MR) is 78.0 cm³/mol. The van der Waals surface area contributed by atoms with E-state index >= 15 is 0 Å². The summed E-state index contributed by atoms with van der Waals surface area (Å²) in [5.74, 6) is 0.702. The molecule has 0 aromatic heterocycles. The first-order valence-corrected chi connectivity index (χ1v) is 7.16. The molecule has 0 aliphatic heterocycles. The second kappa shape index (κ2) is 7.08. The van der Waals surface area contributed by atoms with Crippen molar-refractivity contribution in [3.8, 4) is 5.75 Å². The summed E-state index contributed by atoms with van der Waals surface area (Å²) in [6.07, 6.45) is 6.00. The molecule has 0 N–H and O–H groups in total. The number of hydrogen-bond donors (Lipinski definition) is 0. The molecule has 1 aliphatic rings. The van der Waals surface area contributed by atoms with Crippen molar-refractivity contribution in [1.29, 1.82) is 0 Å². The summed E-state index contributed by atoms with van der Waals surface area (Å²) >= 11 is 0. The minimum absolute atomic E-state index is 0.0358. The predicted octanol–water partition coefficient (Wildman–Crippen LogP) is 2.81. The second-order valence-electron chi connectivity index (χ2n) is 5.12. The normalized spacial score (nSPS) is 15.7. The number of methoxy groups -OCH3 is 1. The van der Waals surface area contributed by atoms with Crippen LogP contribution in [0.2, 0.25) is 0 Å². The van der Waals surface area contributed by atoms with Crippen molar-refractivity contribution in [2.24, 2.45) is 5.92 Å². The highest BCUT2D eigenvalue weighted by molar-refractivity contribution is 5.98. The fourth-order valence-electron chi connectivity index (χ4n) is 2.80. The molecule has 4 nitrogen and oxygen atoms in total. The van der Waals surface area contributed by atoms with Gasteiger partial charge in [0.2, 0.25) is 5.91 Å². The van der Waals surface area contributed by atoms with E-state index in [4.69, 9.17) is 4.74 Å². The SMILES string of the molecule is COc1ccccc1N(CC=O)C(=O)C1CCCCC1. The van der Waals surface area contributed by atoms with Crippen LogP contribution in [0.15, 0.2) is 24.3 Å². The molecular weight excluding hydrogens is 254 g/mol. The van der Waals surface area contributed by atoms with Crippen LogP contribution in [0.25, 0.3) is 0 Å². The summed E-state index contributed by atoms with van der Waals surface area (Å²) in [5.41, 5.74) is 0.678. The second-order valence-corrected chi connectivity index (χ2v) is 5.12.